The summed E-state index contributed by atoms with van der Waals surface area (Å²) in [6.45, 7) is 2.60. The first-order chi connectivity index (χ1) is 9.47. The Kier molecular flexibility index (Phi) is 10.1. The van der Waals surface area contributed by atoms with E-state index in [4.69, 9.17) is 10.2 Å². The van der Waals surface area contributed by atoms with Crippen LogP contribution in [-0.2, 0) is 9.59 Å². The van der Waals surface area contributed by atoms with Crippen LogP contribution >= 0.6 is 0 Å². The maximum atomic E-state index is 11.4. The van der Waals surface area contributed by atoms with E-state index >= 15 is 0 Å². The van der Waals surface area contributed by atoms with E-state index in [0.717, 1.165) is 19.3 Å². The highest BCUT2D eigenvalue weighted by Gasteiger charge is 2.22. The van der Waals surface area contributed by atoms with Gasteiger partial charge in [0.1, 0.15) is 6.04 Å². The first-order valence-corrected chi connectivity index (χ1v) is 6.96. The van der Waals surface area contributed by atoms with Gasteiger partial charge >= 0.3 is 18.0 Å². The van der Waals surface area contributed by atoms with Crippen molar-refractivity contribution in [3.63, 3.8) is 0 Å². The van der Waals surface area contributed by atoms with E-state index in [0.29, 0.717) is 6.54 Å². The molecule has 0 aromatic heterocycles. The number of hydrogen-bond donors (Lipinski definition) is 4. The SMILES string of the molecule is CCCCCCCCNC(=O)N[C@@H](CC(=O)O)C(=O)O. The normalized spacial score (nSPS) is 11.7. The monoisotopic (exact) mass is 288 g/mol. The summed E-state index contributed by atoms with van der Waals surface area (Å²) < 4.78 is 0. The predicted octanol–water partition coefficient (Wildman–Crippen LogP) is 1.57. The van der Waals surface area contributed by atoms with Gasteiger partial charge in [-0.3, -0.25) is 4.79 Å². The van der Waals surface area contributed by atoms with E-state index in [-0.39, 0.29) is 0 Å². The highest BCUT2D eigenvalue weighted by atomic mass is 16.4. The minimum atomic E-state index is -1.41. The Morgan fingerprint density at radius 2 is 1.60 bits per heavy atom. The molecule has 0 saturated carbocycles. The topological polar surface area (TPSA) is 116 Å². The highest BCUT2D eigenvalue weighted by molar-refractivity contribution is 5.86. The summed E-state index contributed by atoms with van der Waals surface area (Å²) in [7, 11) is 0. The number of carboxylic acids is 2. The Morgan fingerprint density at radius 3 is 2.15 bits per heavy atom. The van der Waals surface area contributed by atoms with Crippen LogP contribution in [0, 0.1) is 0 Å². The molecule has 0 aromatic carbocycles. The number of nitrogens with one attached hydrogen (secondary N) is 2. The smallest absolute Gasteiger partial charge is 0.326 e. The molecule has 0 aliphatic carbocycles. The van der Waals surface area contributed by atoms with Crippen LogP contribution in [0.5, 0.6) is 0 Å². The second kappa shape index (κ2) is 11.1. The molecule has 0 bridgehead atoms. The Morgan fingerprint density at radius 1 is 1.00 bits per heavy atom. The first kappa shape index (κ1) is 18.2. The van der Waals surface area contributed by atoms with Crippen molar-refractivity contribution in [2.24, 2.45) is 0 Å². The molecule has 0 aliphatic heterocycles. The highest BCUT2D eigenvalue weighted by Crippen LogP contribution is 2.04. The second-order valence-corrected chi connectivity index (χ2v) is 4.66. The number of aliphatic carboxylic acids is 2. The predicted molar refractivity (Wildman–Crippen MR) is 73.6 cm³/mol. The van der Waals surface area contributed by atoms with E-state index < -0.39 is 30.4 Å². The molecule has 0 rings (SSSR count). The summed E-state index contributed by atoms with van der Waals surface area (Å²) in [5.74, 6) is -2.63. The van der Waals surface area contributed by atoms with Crippen molar-refractivity contribution in [3.05, 3.63) is 0 Å². The van der Waals surface area contributed by atoms with Crippen LogP contribution in [0.25, 0.3) is 0 Å². The first-order valence-electron chi connectivity index (χ1n) is 6.96. The van der Waals surface area contributed by atoms with Gasteiger partial charge in [-0.05, 0) is 6.42 Å². The molecule has 20 heavy (non-hydrogen) atoms. The quantitative estimate of drug-likeness (QED) is 0.431. The molecule has 0 aromatic rings. The van der Waals surface area contributed by atoms with Crippen LogP contribution in [-0.4, -0.2) is 40.8 Å². The fourth-order valence-electron chi connectivity index (χ4n) is 1.69. The lowest BCUT2D eigenvalue weighted by Crippen LogP contribution is -2.47. The van der Waals surface area contributed by atoms with Crippen molar-refractivity contribution in [1.29, 1.82) is 0 Å². The molecular formula is C13H24N2O5. The third kappa shape index (κ3) is 10.2. The molecule has 0 saturated heterocycles. The number of amides is 2. The van der Waals surface area contributed by atoms with Crippen molar-refractivity contribution >= 4 is 18.0 Å². The van der Waals surface area contributed by atoms with E-state index in [1.54, 1.807) is 0 Å². The lowest BCUT2D eigenvalue weighted by atomic mass is 10.1. The van der Waals surface area contributed by atoms with Gasteiger partial charge < -0.3 is 20.8 Å². The van der Waals surface area contributed by atoms with Crippen molar-refractivity contribution in [2.45, 2.75) is 57.9 Å². The van der Waals surface area contributed by atoms with Crippen molar-refractivity contribution < 1.29 is 24.6 Å². The van der Waals surface area contributed by atoms with Gasteiger partial charge in [0.25, 0.3) is 0 Å². The maximum Gasteiger partial charge on any atom is 0.326 e. The lowest BCUT2D eigenvalue weighted by molar-refractivity contribution is -0.145. The Balaban J connectivity index is 3.75. The van der Waals surface area contributed by atoms with Crippen LogP contribution in [0.2, 0.25) is 0 Å². The number of urea groups is 1. The zero-order valence-electron chi connectivity index (χ0n) is 11.9. The molecular weight excluding hydrogens is 264 g/mol. The molecule has 0 unspecified atom stereocenters. The molecule has 2 amide bonds. The van der Waals surface area contributed by atoms with E-state index in [1.807, 2.05) is 0 Å². The third-order valence-electron chi connectivity index (χ3n) is 2.80. The number of carboxylic acid groups (broad SMARTS) is 2. The Bertz CT molecular complexity index is 320. The van der Waals surface area contributed by atoms with Gasteiger partial charge in [-0.15, -0.1) is 0 Å². The molecule has 0 spiro atoms. The third-order valence-corrected chi connectivity index (χ3v) is 2.80. The molecule has 0 heterocycles. The van der Waals surface area contributed by atoms with Crippen LogP contribution in [0.1, 0.15) is 51.9 Å². The lowest BCUT2D eigenvalue weighted by Gasteiger charge is -2.13. The molecule has 0 fully saturated rings. The molecule has 4 N–H and O–H groups in total. The van der Waals surface area contributed by atoms with Crippen molar-refractivity contribution in [2.75, 3.05) is 6.54 Å². The van der Waals surface area contributed by atoms with Crippen LogP contribution < -0.4 is 10.6 Å². The van der Waals surface area contributed by atoms with Gasteiger partial charge in [-0.25, -0.2) is 9.59 Å². The Labute approximate surface area is 118 Å². The average molecular weight is 288 g/mol. The van der Waals surface area contributed by atoms with E-state index in [9.17, 15) is 14.4 Å². The van der Waals surface area contributed by atoms with Crippen molar-refractivity contribution in [1.82, 2.24) is 10.6 Å². The molecule has 116 valence electrons. The largest absolute Gasteiger partial charge is 0.481 e. The summed E-state index contributed by atoms with van der Waals surface area (Å²) in [4.78, 5) is 32.6. The number of carbonyl (C=O) groups is 3. The van der Waals surface area contributed by atoms with E-state index in [1.165, 1.54) is 19.3 Å². The van der Waals surface area contributed by atoms with Gasteiger partial charge in [0, 0.05) is 6.54 Å². The summed E-state index contributed by atoms with van der Waals surface area (Å²) >= 11 is 0. The van der Waals surface area contributed by atoms with Gasteiger partial charge in [-0.1, -0.05) is 39.0 Å². The van der Waals surface area contributed by atoms with Gasteiger partial charge in [0.05, 0.1) is 6.42 Å². The minimum absolute atomic E-state index is 0.456. The summed E-state index contributed by atoms with van der Waals surface area (Å²) in [5, 5.41) is 21.9. The van der Waals surface area contributed by atoms with E-state index in [2.05, 4.69) is 17.6 Å². The summed E-state index contributed by atoms with van der Waals surface area (Å²) in [5.41, 5.74) is 0. The number of hydrogen-bond acceptors (Lipinski definition) is 3. The zero-order valence-corrected chi connectivity index (χ0v) is 11.9. The second-order valence-electron chi connectivity index (χ2n) is 4.66. The van der Waals surface area contributed by atoms with Crippen LogP contribution in [0.3, 0.4) is 0 Å². The molecule has 1 atom stereocenters. The van der Waals surface area contributed by atoms with Gasteiger partial charge in [-0.2, -0.15) is 0 Å². The molecule has 7 nitrogen and oxygen atoms in total. The van der Waals surface area contributed by atoms with Gasteiger partial charge in [0.15, 0.2) is 0 Å². The van der Waals surface area contributed by atoms with Crippen LogP contribution in [0.15, 0.2) is 0 Å². The number of unbranched alkanes of at least 4 members (excludes halogenated alkanes) is 5. The van der Waals surface area contributed by atoms with Crippen LogP contribution in [0.4, 0.5) is 4.79 Å². The van der Waals surface area contributed by atoms with Crippen molar-refractivity contribution in [3.8, 4) is 0 Å². The molecule has 0 radical (unpaired) electrons. The minimum Gasteiger partial charge on any atom is -0.481 e. The standard InChI is InChI=1S/C13H24N2O5/c1-2-3-4-5-6-7-8-14-13(20)15-10(12(18)19)9-11(16)17/h10H,2-9H2,1H3,(H,16,17)(H,18,19)(H2,14,15,20)/t10-/m0/s1. The van der Waals surface area contributed by atoms with Gasteiger partial charge in [0.2, 0.25) is 0 Å². The fraction of sp³-hybridized carbons (Fsp3) is 0.769. The number of rotatable bonds is 11. The maximum absolute atomic E-state index is 11.4. The fourth-order valence-corrected chi connectivity index (χ4v) is 1.69. The molecule has 0 aliphatic rings. The summed E-state index contributed by atoms with van der Waals surface area (Å²) in [6.07, 6.45) is 5.89. The zero-order chi connectivity index (χ0) is 15.4. The summed E-state index contributed by atoms with van der Waals surface area (Å²) in [6, 6.07) is -2.05. The Hall–Kier alpha value is -1.79. The molecule has 7 heteroatoms. The number of carbonyl (C=O) groups excluding carboxylic acids is 1. The average Bonchev–Trinajstić information content (AvgIpc) is 2.36.